The molecule has 3 heteroatoms. The van der Waals surface area contributed by atoms with E-state index in [1.807, 2.05) is 0 Å². The van der Waals surface area contributed by atoms with Crippen LogP contribution >= 0.6 is 0 Å². The first-order chi connectivity index (χ1) is 14.9. The van der Waals surface area contributed by atoms with Crippen LogP contribution in [0, 0.1) is 0 Å². The predicted octanol–water partition coefficient (Wildman–Crippen LogP) is 6.45. The van der Waals surface area contributed by atoms with Gasteiger partial charge in [-0.25, -0.2) is 0 Å². The highest BCUT2D eigenvalue weighted by Crippen LogP contribution is 2.49. The minimum atomic E-state index is -0.356. The standard InChI is InChI=1S/C28H25BO2/c1-27(2)28(3,4)31-29(30-27)19-10-7-9-18(17-19)20-15-16-25-22-12-6-5-11-21(22)24-14-8-13-23(20)26(24)25/h5-17H,1-4H3. The summed E-state index contributed by atoms with van der Waals surface area (Å²) < 4.78 is 12.6. The van der Waals surface area contributed by atoms with Crippen LogP contribution in [0.15, 0.2) is 78.9 Å². The Balaban J connectivity index is 1.48. The Morgan fingerprint density at radius 2 is 1.16 bits per heavy atom. The second-order valence-electron chi connectivity index (χ2n) is 9.65. The fraction of sp³-hybridized carbons (Fsp3) is 0.214. The number of rotatable bonds is 2. The summed E-state index contributed by atoms with van der Waals surface area (Å²) in [6, 6.07) is 28.5. The van der Waals surface area contributed by atoms with Crippen molar-refractivity contribution in [3.8, 4) is 33.4 Å². The van der Waals surface area contributed by atoms with Crippen LogP contribution in [0.1, 0.15) is 27.7 Å². The van der Waals surface area contributed by atoms with Crippen LogP contribution < -0.4 is 5.46 Å². The van der Waals surface area contributed by atoms with Crippen LogP contribution in [0.25, 0.3) is 44.2 Å². The average Bonchev–Trinajstić information content (AvgIpc) is 3.20. The fourth-order valence-electron chi connectivity index (χ4n) is 4.89. The van der Waals surface area contributed by atoms with Crippen molar-refractivity contribution in [3.05, 3.63) is 78.9 Å². The lowest BCUT2D eigenvalue weighted by Crippen LogP contribution is -2.41. The molecule has 0 aromatic heterocycles. The van der Waals surface area contributed by atoms with E-state index in [4.69, 9.17) is 9.31 Å². The molecule has 152 valence electrons. The maximum absolute atomic E-state index is 6.30. The van der Waals surface area contributed by atoms with E-state index < -0.39 is 0 Å². The van der Waals surface area contributed by atoms with E-state index in [1.54, 1.807) is 0 Å². The molecule has 0 N–H and O–H groups in total. The smallest absolute Gasteiger partial charge is 0.399 e. The van der Waals surface area contributed by atoms with Crippen LogP contribution in [0.5, 0.6) is 0 Å². The molecule has 0 bridgehead atoms. The van der Waals surface area contributed by atoms with Crippen molar-refractivity contribution >= 4 is 23.4 Å². The van der Waals surface area contributed by atoms with Crippen molar-refractivity contribution in [1.29, 1.82) is 0 Å². The SMILES string of the molecule is CC1(C)OB(c2cccc(-c3ccc4c5c(cccc35)-c3ccccc3-4)c2)OC1(C)C. The van der Waals surface area contributed by atoms with E-state index in [2.05, 4.69) is 107 Å². The van der Waals surface area contributed by atoms with Gasteiger partial charge < -0.3 is 9.31 Å². The zero-order valence-corrected chi connectivity index (χ0v) is 18.4. The molecule has 6 rings (SSSR count). The highest BCUT2D eigenvalue weighted by atomic mass is 16.7. The molecule has 1 aliphatic carbocycles. The molecular weight excluding hydrogens is 379 g/mol. The van der Waals surface area contributed by atoms with E-state index >= 15 is 0 Å². The monoisotopic (exact) mass is 404 g/mol. The molecule has 1 saturated heterocycles. The predicted molar refractivity (Wildman–Crippen MR) is 130 cm³/mol. The summed E-state index contributed by atoms with van der Waals surface area (Å²) in [6.07, 6.45) is 0. The summed E-state index contributed by atoms with van der Waals surface area (Å²) >= 11 is 0. The van der Waals surface area contributed by atoms with Gasteiger partial charge in [0.25, 0.3) is 0 Å². The van der Waals surface area contributed by atoms with E-state index in [0.717, 1.165) is 5.46 Å². The maximum Gasteiger partial charge on any atom is 0.494 e. The molecule has 4 aromatic rings. The van der Waals surface area contributed by atoms with Crippen molar-refractivity contribution < 1.29 is 9.31 Å². The van der Waals surface area contributed by atoms with Gasteiger partial charge in [-0.3, -0.25) is 0 Å². The number of benzene rings is 4. The minimum absolute atomic E-state index is 0.346. The molecule has 2 aliphatic rings. The molecule has 1 aliphatic heterocycles. The first kappa shape index (κ1) is 18.9. The third-order valence-electron chi connectivity index (χ3n) is 7.27. The number of hydrogen-bond acceptors (Lipinski definition) is 2. The third-order valence-corrected chi connectivity index (χ3v) is 7.27. The second kappa shape index (κ2) is 6.32. The third kappa shape index (κ3) is 2.67. The van der Waals surface area contributed by atoms with Crippen LogP contribution in [0.2, 0.25) is 0 Å². The van der Waals surface area contributed by atoms with Crippen LogP contribution in [0.3, 0.4) is 0 Å². The van der Waals surface area contributed by atoms with Crippen molar-refractivity contribution in [1.82, 2.24) is 0 Å². The molecule has 0 saturated carbocycles. The lowest BCUT2D eigenvalue weighted by molar-refractivity contribution is 0.00578. The van der Waals surface area contributed by atoms with Gasteiger partial charge in [0.1, 0.15) is 0 Å². The summed E-state index contributed by atoms with van der Waals surface area (Å²) in [6.45, 7) is 8.38. The van der Waals surface area contributed by atoms with E-state index in [-0.39, 0.29) is 18.3 Å². The lowest BCUT2D eigenvalue weighted by atomic mass is 9.77. The van der Waals surface area contributed by atoms with Crippen molar-refractivity contribution in [2.75, 3.05) is 0 Å². The van der Waals surface area contributed by atoms with Gasteiger partial charge in [-0.05, 0) is 77.3 Å². The van der Waals surface area contributed by atoms with Gasteiger partial charge >= 0.3 is 7.12 Å². The maximum atomic E-state index is 6.30. The largest absolute Gasteiger partial charge is 0.494 e. The van der Waals surface area contributed by atoms with Gasteiger partial charge in [-0.1, -0.05) is 78.9 Å². The van der Waals surface area contributed by atoms with Gasteiger partial charge in [-0.2, -0.15) is 0 Å². The molecule has 0 unspecified atom stereocenters. The minimum Gasteiger partial charge on any atom is -0.399 e. The van der Waals surface area contributed by atoms with Crippen molar-refractivity contribution in [2.24, 2.45) is 0 Å². The molecule has 1 fully saturated rings. The van der Waals surface area contributed by atoms with Gasteiger partial charge in [0.2, 0.25) is 0 Å². The Hall–Kier alpha value is -2.88. The Bertz CT molecular complexity index is 1310. The Kier molecular flexibility index (Phi) is 3.84. The van der Waals surface area contributed by atoms with Gasteiger partial charge in [0.05, 0.1) is 11.2 Å². The molecule has 0 spiro atoms. The van der Waals surface area contributed by atoms with E-state index in [1.165, 1.54) is 44.2 Å². The average molecular weight is 404 g/mol. The molecular formula is C28H25BO2. The quantitative estimate of drug-likeness (QED) is 0.315. The molecule has 0 atom stereocenters. The summed E-state index contributed by atoms with van der Waals surface area (Å²) in [5.74, 6) is 0. The van der Waals surface area contributed by atoms with Gasteiger partial charge in [0.15, 0.2) is 0 Å². The van der Waals surface area contributed by atoms with Crippen LogP contribution in [-0.2, 0) is 9.31 Å². The van der Waals surface area contributed by atoms with Crippen molar-refractivity contribution in [3.63, 3.8) is 0 Å². The molecule has 0 amide bonds. The van der Waals surface area contributed by atoms with E-state index in [0.29, 0.717) is 0 Å². The summed E-state index contributed by atoms with van der Waals surface area (Å²) in [5, 5.41) is 2.64. The van der Waals surface area contributed by atoms with Crippen LogP contribution in [-0.4, -0.2) is 18.3 Å². The Labute approximate surface area is 184 Å². The van der Waals surface area contributed by atoms with Crippen LogP contribution in [0.4, 0.5) is 0 Å². The molecule has 2 nitrogen and oxygen atoms in total. The zero-order valence-electron chi connectivity index (χ0n) is 18.4. The van der Waals surface area contributed by atoms with E-state index in [9.17, 15) is 0 Å². The molecule has 0 radical (unpaired) electrons. The number of fused-ring (bicyclic) bond motifs is 3. The van der Waals surface area contributed by atoms with Gasteiger partial charge in [-0.15, -0.1) is 0 Å². The summed E-state index contributed by atoms with van der Waals surface area (Å²) in [5.41, 5.74) is 8.10. The fourth-order valence-corrected chi connectivity index (χ4v) is 4.89. The summed E-state index contributed by atoms with van der Waals surface area (Å²) in [7, 11) is -0.356. The molecule has 1 heterocycles. The number of hydrogen-bond donors (Lipinski definition) is 0. The first-order valence-electron chi connectivity index (χ1n) is 11.0. The highest BCUT2D eigenvalue weighted by molar-refractivity contribution is 6.62. The second-order valence-corrected chi connectivity index (χ2v) is 9.65. The Morgan fingerprint density at radius 3 is 1.87 bits per heavy atom. The van der Waals surface area contributed by atoms with Gasteiger partial charge in [0, 0.05) is 0 Å². The normalized spacial score (nSPS) is 17.9. The highest BCUT2D eigenvalue weighted by Gasteiger charge is 2.51. The summed E-state index contributed by atoms with van der Waals surface area (Å²) in [4.78, 5) is 0. The first-order valence-corrected chi connectivity index (χ1v) is 11.0. The zero-order chi connectivity index (χ0) is 21.4. The Morgan fingerprint density at radius 1 is 0.581 bits per heavy atom. The van der Waals surface area contributed by atoms with Crippen molar-refractivity contribution in [2.45, 2.75) is 38.9 Å². The molecule has 31 heavy (non-hydrogen) atoms. The topological polar surface area (TPSA) is 18.5 Å². The lowest BCUT2D eigenvalue weighted by Gasteiger charge is -2.32. The molecule has 4 aromatic carbocycles.